The van der Waals surface area contributed by atoms with E-state index in [1.54, 1.807) is 10.6 Å². The van der Waals surface area contributed by atoms with Crippen molar-refractivity contribution in [3.8, 4) is 0 Å². The van der Waals surface area contributed by atoms with Crippen molar-refractivity contribution < 1.29 is 9.18 Å². The Balaban J connectivity index is 1.39. The van der Waals surface area contributed by atoms with Crippen LogP contribution in [0.2, 0.25) is 0 Å². The van der Waals surface area contributed by atoms with E-state index in [0.717, 1.165) is 69.8 Å². The second-order valence-corrected chi connectivity index (χ2v) is 10.7. The number of benzene rings is 2. The van der Waals surface area contributed by atoms with Crippen LogP contribution in [0.5, 0.6) is 0 Å². The molecule has 9 heteroatoms. The number of hydrogen-bond acceptors (Lipinski definition) is 6. The molecule has 3 heterocycles. The number of carbonyl (C=O) groups excluding carboxylic acids is 1. The maximum atomic E-state index is 15.1. The van der Waals surface area contributed by atoms with Crippen molar-refractivity contribution in [3.63, 3.8) is 0 Å². The van der Waals surface area contributed by atoms with E-state index in [0.29, 0.717) is 41.1 Å². The minimum absolute atomic E-state index is 0.0857. The highest BCUT2D eigenvalue weighted by molar-refractivity contribution is 5.94. The van der Waals surface area contributed by atoms with Crippen LogP contribution in [0.25, 0.3) is 22.6 Å². The monoisotopic (exact) mass is 546 g/mol. The van der Waals surface area contributed by atoms with E-state index in [9.17, 15) is 9.59 Å². The van der Waals surface area contributed by atoms with Gasteiger partial charge in [0.2, 0.25) is 0 Å². The van der Waals surface area contributed by atoms with Gasteiger partial charge in [-0.2, -0.15) is 0 Å². The molecular formula is C31H39FN6O2. The fraction of sp³-hybridized carbons (Fsp3) is 0.452. The van der Waals surface area contributed by atoms with Crippen molar-refractivity contribution in [2.24, 2.45) is 0 Å². The average Bonchev–Trinajstić information content (AvgIpc) is 2.97. The molecule has 2 aliphatic rings. The van der Waals surface area contributed by atoms with E-state index in [2.05, 4.69) is 36.0 Å². The molecule has 0 atom stereocenters. The fourth-order valence-corrected chi connectivity index (χ4v) is 5.55. The van der Waals surface area contributed by atoms with Gasteiger partial charge < -0.3 is 20.0 Å². The molecule has 1 saturated heterocycles. The standard InChI is InChI=1S/C31H39FN6O2/c1-4-36(5-2)14-12-33-30(39)23-10-8-22(9-11-23)19-24-7-6-13-38-29(24)34-27-21-28(26(32)20-25(27)31(38)40)37-17-15-35(3)16-18-37/h8-11,19-21H,4-7,12-18H2,1-3H3,(H,33,39)/b24-19+. The van der Waals surface area contributed by atoms with E-state index >= 15 is 4.39 Å². The molecule has 5 rings (SSSR count). The van der Waals surface area contributed by atoms with Gasteiger partial charge in [-0.1, -0.05) is 26.0 Å². The molecule has 1 fully saturated rings. The Bertz CT molecular complexity index is 1450. The second kappa shape index (κ2) is 12.3. The largest absolute Gasteiger partial charge is 0.367 e. The van der Waals surface area contributed by atoms with E-state index in [1.165, 1.54) is 6.07 Å². The number of nitrogens with one attached hydrogen (secondary N) is 1. The van der Waals surface area contributed by atoms with Crippen LogP contribution in [0.4, 0.5) is 10.1 Å². The first kappa shape index (κ1) is 28.0. The lowest BCUT2D eigenvalue weighted by molar-refractivity contribution is 0.0949. The first-order valence-corrected chi connectivity index (χ1v) is 14.4. The third-order valence-corrected chi connectivity index (χ3v) is 8.10. The Morgan fingerprint density at radius 2 is 1.80 bits per heavy atom. The Hall–Kier alpha value is -3.56. The van der Waals surface area contributed by atoms with Crippen LogP contribution >= 0.6 is 0 Å². The van der Waals surface area contributed by atoms with Gasteiger partial charge in [-0.15, -0.1) is 0 Å². The number of carbonyl (C=O) groups is 1. The molecule has 40 heavy (non-hydrogen) atoms. The predicted molar refractivity (Wildman–Crippen MR) is 159 cm³/mol. The van der Waals surface area contributed by atoms with Crippen LogP contribution in [-0.2, 0) is 6.54 Å². The van der Waals surface area contributed by atoms with Gasteiger partial charge in [0.15, 0.2) is 0 Å². The molecule has 0 spiro atoms. The van der Waals surface area contributed by atoms with Crippen molar-refractivity contribution in [2.45, 2.75) is 33.2 Å². The van der Waals surface area contributed by atoms with Gasteiger partial charge in [0.25, 0.3) is 11.5 Å². The van der Waals surface area contributed by atoms with Crippen LogP contribution in [-0.4, -0.2) is 84.7 Å². The molecule has 2 aromatic carbocycles. The first-order chi connectivity index (χ1) is 19.4. The Morgan fingerprint density at radius 3 is 2.50 bits per heavy atom. The molecule has 3 aromatic rings. The molecule has 0 aliphatic carbocycles. The zero-order valence-electron chi connectivity index (χ0n) is 23.8. The maximum Gasteiger partial charge on any atom is 0.261 e. The summed E-state index contributed by atoms with van der Waals surface area (Å²) in [5.74, 6) is 0.176. The van der Waals surface area contributed by atoms with E-state index in [4.69, 9.17) is 4.98 Å². The summed E-state index contributed by atoms with van der Waals surface area (Å²) in [5.41, 5.74) is 3.35. The first-order valence-electron chi connectivity index (χ1n) is 14.4. The summed E-state index contributed by atoms with van der Waals surface area (Å²) in [6.07, 6.45) is 3.63. The highest BCUT2D eigenvalue weighted by Gasteiger charge is 2.23. The molecule has 1 aromatic heterocycles. The van der Waals surface area contributed by atoms with Gasteiger partial charge in [-0.25, -0.2) is 9.37 Å². The number of aromatic nitrogens is 2. The van der Waals surface area contributed by atoms with Gasteiger partial charge in [0.1, 0.15) is 11.6 Å². The van der Waals surface area contributed by atoms with Crippen LogP contribution in [0, 0.1) is 5.82 Å². The number of halogens is 1. The van der Waals surface area contributed by atoms with Gasteiger partial charge in [0, 0.05) is 51.4 Å². The lowest BCUT2D eigenvalue weighted by Gasteiger charge is -2.34. The summed E-state index contributed by atoms with van der Waals surface area (Å²) in [5, 5.41) is 3.31. The topological polar surface area (TPSA) is 73.7 Å². The number of anilines is 1. The summed E-state index contributed by atoms with van der Waals surface area (Å²) < 4.78 is 16.8. The highest BCUT2D eigenvalue weighted by atomic mass is 19.1. The lowest BCUT2D eigenvalue weighted by Crippen LogP contribution is -2.44. The molecule has 2 aliphatic heterocycles. The van der Waals surface area contributed by atoms with Crippen LogP contribution in [0.15, 0.2) is 41.2 Å². The molecule has 0 bridgehead atoms. The highest BCUT2D eigenvalue weighted by Crippen LogP contribution is 2.30. The summed E-state index contributed by atoms with van der Waals surface area (Å²) in [6, 6.07) is 10.6. The minimum Gasteiger partial charge on any atom is -0.367 e. The van der Waals surface area contributed by atoms with Crippen LogP contribution in [0.3, 0.4) is 0 Å². The maximum absolute atomic E-state index is 15.1. The fourth-order valence-electron chi connectivity index (χ4n) is 5.55. The zero-order chi connectivity index (χ0) is 28.2. The summed E-state index contributed by atoms with van der Waals surface area (Å²) >= 11 is 0. The van der Waals surface area contributed by atoms with E-state index in [-0.39, 0.29) is 17.3 Å². The third-order valence-electron chi connectivity index (χ3n) is 8.10. The van der Waals surface area contributed by atoms with E-state index < -0.39 is 0 Å². The Morgan fingerprint density at radius 1 is 1.07 bits per heavy atom. The van der Waals surface area contributed by atoms with Crippen molar-refractivity contribution in [2.75, 3.05) is 64.3 Å². The van der Waals surface area contributed by atoms with Crippen LogP contribution in [0.1, 0.15) is 48.4 Å². The number of piperazine rings is 1. The van der Waals surface area contributed by atoms with Crippen molar-refractivity contribution in [1.29, 1.82) is 0 Å². The average molecular weight is 547 g/mol. The van der Waals surface area contributed by atoms with Gasteiger partial charge in [0.05, 0.1) is 16.6 Å². The smallest absolute Gasteiger partial charge is 0.261 e. The number of allylic oxidation sites excluding steroid dienone is 1. The van der Waals surface area contributed by atoms with Gasteiger partial charge >= 0.3 is 0 Å². The van der Waals surface area contributed by atoms with Crippen LogP contribution < -0.4 is 15.8 Å². The summed E-state index contributed by atoms with van der Waals surface area (Å²) in [7, 11) is 2.06. The summed E-state index contributed by atoms with van der Waals surface area (Å²) in [4.78, 5) is 37.4. The van der Waals surface area contributed by atoms with Gasteiger partial charge in [-0.3, -0.25) is 14.2 Å². The second-order valence-electron chi connectivity index (χ2n) is 10.7. The van der Waals surface area contributed by atoms with E-state index in [1.807, 2.05) is 35.2 Å². The molecular weight excluding hydrogens is 507 g/mol. The third kappa shape index (κ3) is 5.95. The van der Waals surface area contributed by atoms with Crippen molar-refractivity contribution >= 4 is 34.1 Å². The van der Waals surface area contributed by atoms with Crippen molar-refractivity contribution in [1.82, 2.24) is 24.7 Å². The number of nitrogens with zero attached hydrogens (tertiary/aromatic N) is 5. The molecule has 212 valence electrons. The Kier molecular flexibility index (Phi) is 8.61. The number of amides is 1. The number of likely N-dealkylation sites (N-methyl/N-ethyl adjacent to an activating group) is 2. The molecule has 1 amide bonds. The predicted octanol–water partition coefficient (Wildman–Crippen LogP) is 3.69. The normalized spacial score (nSPS) is 17.0. The molecule has 0 radical (unpaired) electrons. The molecule has 0 saturated carbocycles. The lowest BCUT2D eigenvalue weighted by atomic mass is 10.0. The minimum atomic E-state index is -0.375. The van der Waals surface area contributed by atoms with Crippen molar-refractivity contribution in [3.05, 3.63) is 69.5 Å². The van der Waals surface area contributed by atoms with Gasteiger partial charge in [-0.05, 0) is 74.5 Å². The molecule has 8 nitrogen and oxygen atoms in total. The molecule has 1 N–H and O–H groups in total. The molecule has 0 unspecified atom stereocenters. The quantitative estimate of drug-likeness (QED) is 0.465. The Labute approximate surface area is 235 Å². The zero-order valence-corrected chi connectivity index (χ0v) is 23.8. The number of rotatable bonds is 8. The number of fused-ring (bicyclic) bond motifs is 2. The SMILES string of the molecule is CCN(CC)CCNC(=O)c1ccc(/C=C2\CCCn3c2nc2cc(N4CCN(C)CC4)c(F)cc2c3=O)cc1. The number of hydrogen-bond donors (Lipinski definition) is 1. The summed E-state index contributed by atoms with van der Waals surface area (Å²) in [6.45, 7) is 11.3.